The second-order valence-corrected chi connectivity index (χ2v) is 11.4. The number of pyridine rings is 1. The number of fused-ring (bicyclic) bond motifs is 5. The number of aliphatic hydroxyl groups excluding tert-OH is 1. The molecule has 1 aromatic heterocycles. The number of allylic oxidation sites excluding steroid dienone is 3. The maximum atomic E-state index is 12.3. The van der Waals surface area contributed by atoms with Gasteiger partial charge in [0, 0.05) is 18.8 Å². The SMILES string of the molecule is C[C@H](O)[C@@H](N)C(=O)O[C@@H]1CC[C@@]2(C)C(=CC[C@@H]3[C@@H]2CC[C@]2(C)C(c4cccnc4)=CC[C@@H]32)C1. The van der Waals surface area contributed by atoms with Crippen molar-refractivity contribution in [3.05, 3.63) is 47.8 Å². The zero-order valence-corrected chi connectivity index (χ0v) is 20.2. The van der Waals surface area contributed by atoms with Gasteiger partial charge < -0.3 is 15.6 Å². The molecule has 33 heavy (non-hydrogen) atoms. The van der Waals surface area contributed by atoms with E-state index in [2.05, 4.69) is 43.1 Å². The Morgan fingerprint density at radius 1 is 1.18 bits per heavy atom. The van der Waals surface area contributed by atoms with Crippen LogP contribution in [-0.2, 0) is 9.53 Å². The number of carbonyl (C=O) groups is 1. The van der Waals surface area contributed by atoms with Crippen LogP contribution in [0.15, 0.2) is 42.3 Å². The largest absolute Gasteiger partial charge is 0.461 e. The molecule has 0 aliphatic heterocycles. The minimum atomic E-state index is -0.970. The van der Waals surface area contributed by atoms with Crippen LogP contribution >= 0.6 is 0 Å². The number of hydrogen-bond donors (Lipinski definition) is 2. The topological polar surface area (TPSA) is 85.4 Å². The first kappa shape index (κ1) is 22.8. The van der Waals surface area contributed by atoms with E-state index in [4.69, 9.17) is 10.5 Å². The van der Waals surface area contributed by atoms with Crippen LogP contribution in [0.5, 0.6) is 0 Å². The molecular weight excluding hydrogens is 412 g/mol. The molecule has 1 heterocycles. The zero-order chi connectivity index (χ0) is 23.4. The fraction of sp³-hybridized carbons (Fsp3) is 0.643. The predicted molar refractivity (Wildman–Crippen MR) is 129 cm³/mol. The highest BCUT2D eigenvalue weighted by Crippen LogP contribution is 2.66. The first-order chi connectivity index (χ1) is 15.7. The molecule has 0 unspecified atom stereocenters. The molecule has 0 spiro atoms. The number of hydrogen-bond acceptors (Lipinski definition) is 5. The summed E-state index contributed by atoms with van der Waals surface area (Å²) in [6, 6.07) is 3.29. The lowest BCUT2D eigenvalue weighted by molar-refractivity contribution is -0.155. The van der Waals surface area contributed by atoms with E-state index in [1.54, 1.807) is 0 Å². The van der Waals surface area contributed by atoms with Crippen LogP contribution in [0.1, 0.15) is 71.3 Å². The normalized spacial score (nSPS) is 39.3. The lowest BCUT2D eigenvalue weighted by Gasteiger charge is -2.57. The molecule has 0 saturated heterocycles. The highest BCUT2D eigenvalue weighted by atomic mass is 16.5. The van der Waals surface area contributed by atoms with E-state index in [1.165, 1.54) is 42.9 Å². The monoisotopic (exact) mass is 450 g/mol. The molecule has 8 atom stereocenters. The summed E-state index contributed by atoms with van der Waals surface area (Å²) >= 11 is 0. The van der Waals surface area contributed by atoms with Crippen molar-refractivity contribution in [2.75, 3.05) is 0 Å². The Kier molecular flexibility index (Phi) is 5.77. The van der Waals surface area contributed by atoms with Crippen LogP contribution in [0.4, 0.5) is 0 Å². The Balaban J connectivity index is 1.33. The van der Waals surface area contributed by atoms with E-state index in [9.17, 15) is 9.90 Å². The third-order valence-electron chi connectivity index (χ3n) is 9.69. The summed E-state index contributed by atoms with van der Waals surface area (Å²) in [6.45, 7) is 6.48. The highest BCUT2D eigenvalue weighted by Gasteiger charge is 2.57. The lowest BCUT2D eigenvalue weighted by atomic mass is 9.47. The minimum Gasteiger partial charge on any atom is -0.461 e. The summed E-state index contributed by atoms with van der Waals surface area (Å²) in [5.41, 5.74) is 10.5. The van der Waals surface area contributed by atoms with Gasteiger partial charge in [-0.25, -0.2) is 0 Å². The number of aromatic nitrogens is 1. The van der Waals surface area contributed by atoms with Gasteiger partial charge in [-0.2, -0.15) is 0 Å². The van der Waals surface area contributed by atoms with Crippen LogP contribution in [0, 0.1) is 28.6 Å². The van der Waals surface area contributed by atoms with Crippen LogP contribution < -0.4 is 5.73 Å². The minimum absolute atomic E-state index is 0.127. The first-order valence-corrected chi connectivity index (χ1v) is 12.7. The quantitative estimate of drug-likeness (QED) is 0.515. The molecule has 4 aliphatic rings. The van der Waals surface area contributed by atoms with Crippen molar-refractivity contribution < 1.29 is 14.6 Å². The van der Waals surface area contributed by atoms with Crippen molar-refractivity contribution in [3.8, 4) is 0 Å². The standard InChI is InChI=1S/C28H38N2O3/c1-17(31)25(29)26(32)33-20-10-12-27(2)19(15-20)6-7-21-23-9-8-22(18-5-4-14-30-16-18)28(23,3)13-11-24(21)27/h4-6,8,14,16-17,20-21,23-25,31H,7,9-13,15,29H2,1-3H3/t17-,20+,21-,23-,24-,25+,27-,28+/m0/s1. The Bertz CT molecular complexity index is 971. The average molecular weight is 451 g/mol. The van der Waals surface area contributed by atoms with Gasteiger partial charge in [0.15, 0.2) is 0 Å². The van der Waals surface area contributed by atoms with E-state index in [0.717, 1.165) is 25.7 Å². The smallest absolute Gasteiger partial charge is 0.325 e. The number of esters is 1. The van der Waals surface area contributed by atoms with E-state index in [1.807, 2.05) is 12.4 Å². The van der Waals surface area contributed by atoms with Gasteiger partial charge in [-0.3, -0.25) is 9.78 Å². The van der Waals surface area contributed by atoms with E-state index >= 15 is 0 Å². The fourth-order valence-electron chi connectivity index (χ4n) is 7.70. The average Bonchev–Trinajstić information content (AvgIpc) is 3.16. The summed E-state index contributed by atoms with van der Waals surface area (Å²) in [7, 11) is 0. The number of ether oxygens (including phenoxy) is 1. The number of nitrogens with two attached hydrogens (primary N) is 1. The molecule has 5 rings (SSSR count). The number of carbonyl (C=O) groups excluding carboxylic acids is 1. The third kappa shape index (κ3) is 3.68. The number of rotatable bonds is 4. The maximum Gasteiger partial charge on any atom is 0.325 e. The maximum absolute atomic E-state index is 12.3. The van der Waals surface area contributed by atoms with Crippen LogP contribution in [0.3, 0.4) is 0 Å². The zero-order valence-electron chi connectivity index (χ0n) is 20.2. The van der Waals surface area contributed by atoms with Crippen molar-refractivity contribution in [2.45, 2.75) is 84.0 Å². The van der Waals surface area contributed by atoms with Crippen molar-refractivity contribution in [1.29, 1.82) is 0 Å². The first-order valence-electron chi connectivity index (χ1n) is 12.7. The molecule has 5 heteroatoms. The molecule has 3 N–H and O–H groups in total. The molecule has 4 aliphatic carbocycles. The Labute approximate surface area is 197 Å². The van der Waals surface area contributed by atoms with Gasteiger partial charge in [-0.05, 0) is 91.2 Å². The highest BCUT2D eigenvalue weighted by molar-refractivity contribution is 5.76. The van der Waals surface area contributed by atoms with Gasteiger partial charge in [0.1, 0.15) is 12.1 Å². The molecule has 0 amide bonds. The number of nitrogens with zero attached hydrogens (tertiary/aromatic N) is 1. The molecule has 0 aromatic carbocycles. The Hall–Kier alpha value is -1.98. The van der Waals surface area contributed by atoms with Crippen LogP contribution in [0.25, 0.3) is 5.57 Å². The Morgan fingerprint density at radius 3 is 2.70 bits per heavy atom. The molecule has 178 valence electrons. The van der Waals surface area contributed by atoms with E-state index < -0.39 is 18.1 Å². The van der Waals surface area contributed by atoms with Gasteiger partial charge in [0.2, 0.25) is 0 Å². The third-order valence-corrected chi connectivity index (χ3v) is 9.69. The molecular formula is C28H38N2O3. The van der Waals surface area contributed by atoms with E-state index in [-0.39, 0.29) is 16.9 Å². The molecule has 0 bridgehead atoms. The van der Waals surface area contributed by atoms with Crippen molar-refractivity contribution >= 4 is 11.5 Å². The van der Waals surface area contributed by atoms with Crippen LogP contribution in [-0.4, -0.2) is 34.3 Å². The second-order valence-electron chi connectivity index (χ2n) is 11.4. The van der Waals surface area contributed by atoms with Crippen molar-refractivity contribution in [1.82, 2.24) is 4.98 Å². The molecule has 0 radical (unpaired) electrons. The summed E-state index contributed by atoms with van der Waals surface area (Å²) < 4.78 is 5.71. The summed E-state index contributed by atoms with van der Waals surface area (Å²) in [5.74, 6) is 1.58. The van der Waals surface area contributed by atoms with Crippen molar-refractivity contribution in [3.63, 3.8) is 0 Å². The Morgan fingerprint density at radius 2 is 1.97 bits per heavy atom. The van der Waals surface area contributed by atoms with Gasteiger partial charge in [-0.1, -0.05) is 37.6 Å². The fourth-order valence-corrected chi connectivity index (χ4v) is 7.70. The van der Waals surface area contributed by atoms with E-state index in [0.29, 0.717) is 17.8 Å². The van der Waals surface area contributed by atoms with Gasteiger partial charge in [0.25, 0.3) is 0 Å². The predicted octanol–water partition coefficient (Wildman–Crippen LogP) is 4.66. The van der Waals surface area contributed by atoms with Crippen LogP contribution in [0.2, 0.25) is 0 Å². The van der Waals surface area contributed by atoms with Crippen molar-refractivity contribution in [2.24, 2.45) is 34.3 Å². The molecule has 5 nitrogen and oxygen atoms in total. The van der Waals surface area contributed by atoms with Gasteiger partial charge >= 0.3 is 5.97 Å². The summed E-state index contributed by atoms with van der Waals surface area (Å²) in [6.07, 6.45) is 15.3. The van der Waals surface area contributed by atoms with Gasteiger partial charge in [0.05, 0.1) is 6.10 Å². The lowest BCUT2D eigenvalue weighted by Crippen LogP contribution is -2.50. The molecule has 1 aromatic rings. The molecule has 2 fully saturated rings. The molecule has 2 saturated carbocycles. The number of aliphatic hydroxyl groups is 1. The summed E-state index contributed by atoms with van der Waals surface area (Å²) in [4.78, 5) is 16.7. The summed E-state index contributed by atoms with van der Waals surface area (Å²) in [5, 5.41) is 9.62. The van der Waals surface area contributed by atoms with Gasteiger partial charge in [-0.15, -0.1) is 0 Å². The second kappa shape index (κ2) is 8.35.